The molecule has 1 nitrogen and oxygen atoms in total. The van der Waals surface area contributed by atoms with E-state index in [0.29, 0.717) is 11.8 Å². The van der Waals surface area contributed by atoms with Crippen LogP contribution in [0.3, 0.4) is 0 Å². The maximum atomic E-state index is 2.65. The molecule has 0 amide bonds. The van der Waals surface area contributed by atoms with Gasteiger partial charge in [0.15, 0.2) is 0 Å². The van der Waals surface area contributed by atoms with Crippen molar-refractivity contribution >= 4 is 27.8 Å². The average Bonchev–Trinajstić information content (AvgIpc) is 3.78. The van der Waals surface area contributed by atoms with E-state index in [4.69, 9.17) is 0 Å². The third-order valence-electron chi connectivity index (χ3n) is 17.2. The summed E-state index contributed by atoms with van der Waals surface area (Å²) in [7, 11) is 0. The first kappa shape index (κ1) is 38.3. The molecule has 0 unspecified atom stereocenters. The monoisotopic (exact) mass is 847 g/mol. The summed E-state index contributed by atoms with van der Waals surface area (Å²) in [5.74, 6) is 3.19. The summed E-state index contributed by atoms with van der Waals surface area (Å²) >= 11 is 0. The van der Waals surface area contributed by atoms with Crippen LogP contribution in [0.4, 0.5) is 17.1 Å². The molecule has 1 spiro atoms. The first-order chi connectivity index (χ1) is 32.5. The van der Waals surface area contributed by atoms with Crippen molar-refractivity contribution in [1.82, 2.24) is 0 Å². The van der Waals surface area contributed by atoms with Gasteiger partial charge in [0.25, 0.3) is 0 Å². The highest BCUT2D eigenvalue weighted by Crippen LogP contribution is 2.70. The molecular weight excluding hydrogens is 795 g/mol. The second-order valence-corrected chi connectivity index (χ2v) is 20.8. The van der Waals surface area contributed by atoms with Crippen molar-refractivity contribution in [2.75, 3.05) is 4.90 Å². The van der Waals surface area contributed by atoms with Crippen molar-refractivity contribution in [3.63, 3.8) is 0 Å². The molecule has 0 N–H and O–H groups in total. The fourth-order valence-corrected chi connectivity index (χ4v) is 14.9. The Morgan fingerprint density at radius 1 is 0.394 bits per heavy atom. The zero-order valence-corrected chi connectivity index (χ0v) is 37.8. The van der Waals surface area contributed by atoms with E-state index in [1.807, 2.05) is 0 Å². The minimum atomic E-state index is -0.108. The van der Waals surface area contributed by atoms with Gasteiger partial charge in [-0.2, -0.15) is 0 Å². The van der Waals surface area contributed by atoms with E-state index >= 15 is 0 Å². The first-order valence-corrected chi connectivity index (χ1v) is 24.5. The molecule has 0 radical (unpaired) electrons. The van der Waals surface area contributed by atoms with E-state index in [1.165, 1.54) is 121 Å². The molecule has 0 heterocycles. The standard InChI is InChI=1S/C65H53N/c1-64(2)58-25-12-10-22-54(58)57-24-14-23-56(63(57)64)52-20-9-8-18-50(52)44-27-30-48(31-28-44)66(61-34-29-43-15-6-7-19-51(43)62(61)45-16-4-3-5-17-45)49-32-33-55-53-21-11-13-26-59(53)65(60(55)40-49)46-36-41-35-42(38-46)39-47(65)37-41/h3-34,40-42,46-47H,35-39H2,1-2H3. The Balaban J connectivity index is 0.957. The molecule has 6 aliphatic carbocycles. The lowest BCUT2D eigenvalue weighted by Crippen LogP contribution is -2.55. The zero-order valence-electron chi connectivity index (χ0n) is 37.8. The van der Waals surface area contributed by atoms with Gasteiger partial charge in [-0.25, -0.2) is 0 Å². The van der Waals surface area contributed by atoms with Gasteiger partial charge < -0.3 is 4.90 Å². The van der Waals surface area contributed by atoms with Crippen molar-refractivity contribution in [2.24, 2.45) is 23.7 Å². The van der Waals surface area contributed by atoms with Gasteiger partial charge >= 0.3 is 0 Å². The molecular formula is C65H53N. The molecule has 6 aliphatic rings. The van der Waals surface area contributed by atoms with Crippen molar-refractivity contribution in [3.05, 3.63) is 222 Å². The maximum Gasteiger partial charge on any atom is 0.0546 e. The third-order valence-corrected chi connectivity index (χ3v) is 17.2. The zero-order chi connectivity index (χ0) is 43.7. The number of rotatable bonds is 6. The quantitative estimate of drug-likeness (QED) is 0.161. The minimum Gasteiger partial charge on any atom is -0.310 e. The predicted octanol–water partition coefficient (Wildman–Crippen LogP) is 17.3. The van der Waals surface area contributed by atoms with Crippen LogP contribution in [0.25, 0.3) is 66.4 Å². The summed E-state index contributed by atoms with van der Waals surface area (Å²) in [6.07, 6.45) is 6.94. The van der Waals surface area contributed by atoms with Gasteiger partial charge in [0.1, 0.15) is 0 Å². The molecule has 0 saturated heterocycles. The van der Waals surface area contributed by atoms with E-state index in [9.17, 15) is 0 Å². The molecule has 4 fully saturated rings. The summed E-state index contributed by atoms with van der Waals surface area (Å²) in [6, 6.07) is 76.2. The smallest absolute Gasteiger partial charge is 0.0546 e. The van der Waals surface area contributed by atoms with Crippen LogP contribution in [0.15, 0.2) is 200 Å². The number of benzene rings is 9. The maximum absolute atomic E-state index is 2.65. The predicted molar refractivity (Wildman–Crippen MR) is 276 cm³/mol. The van der Waals surface area contributed by atoms with Gasteiger partial charge in [-0.05, 0) is 169 Å². The molecule has 9 aromatic rings. The molecule has 0 atom stereocenters. The Morgan fingerprint density at radius 3 is 1.70 bits per heavy atom. The van der Waals surface area contributed by atoms with E-state index in [-0.39, 0.29) is 10.8 Å². The van der Waals surface area contributed by atoms with Gasteiger partial charge in [-0.1, -0.05) is 184 Å². The van der Waals surface area contributed by atoms with Crippen LogP contribution in [0, 0.1) is 23.7 Å². The number of nitrogens with zero attached hydrogens (tertiary/aromatic N) is 1. The fourth-order valence-electron chi connectivity index (χ4n) is 14.9. The topological polar surface area (TPSA) is 3.24 Å². The largest absolute Gasteiger partial charge is 0.310 e. The molecule has 0 aromatic heterocycles. The highest BCUT2D eigenvalue weighted by Gasteiger charge is 2.61. The first-order valence-electron chi connectivity index (χ1n) is 24.5. The summed E-state index contributed by atoms with van der Waals surface area (Å²) in [5, 5.41) is 2.52. The van der Waals surface area contributed by atoms with Gasteiger partial charge in [-0.3, -0.25) is 0 Å². The second-order valence-electron chi connectivity index (χ2n) is 20.8. The normalized spacial score (nSPS) is 22.3. The Labute approximate surface area is 389 Å². The average molecular weight is 848 g/mol. The van der Waals surface area contributed by atoms with E-state index < -0.39 is 0 Å². The Kier molecular flexibility index (Phi) is 8.29. The van der Waals surface area contributed by atoms with E-state index in [1.54, 1.807) is 11.1 Å². The molecule has 318 valence electrons. The number of hydrogen-bond acceptors (Lipinski definition) is 1. The minimum absolute atomic E-state index is 0.0772. The molecule has 66 heavy (non-hydrogen) atoms. The summed E-state index contributed by atoms with van der Waals surface area (Å²) in [5.41, 5.74) is 22.8. The van der Waals surface area contributed by atoms with E-state index in [0.717, 1.165) is 17.5 Å². The van der Waals surface area contributed by atoms with Crippen LogP contribution in [0.2, 0.25) is 0 Å². The number of anilines is 3. The summed E-state index contributed by atoms with van der Waals surface area (Å²) in [4.78, 5) is 2.58. The number of hydrogen-bond donors (Lipinski definition) is 0. The van der Waals surface area contributed by atoms with Gasteiger partial charge in [0.05, 0.1) is 5.69 Å². The lowest BCUT2D eigenvalue weighted by atomic mass is 9.43. The molecule has 1 heteroatoms. The van der Waals surface area contributed by atoms with Crippen molar-refractivity contribution in [1.29, 1.82) is 0 Å². The lowest BCUT2D eigenvalue weighted by molar-refractivity contribution is -0.0399. The fraction of sp³-hybridized carbons (Fsp3) is 0.200. The highest BCUT2D eigenvalue weighted by molar-refractivity contribution is 6.06. The summed E-state index contributed by atoms with van der Waals surface area (Å²) in [6.45, 7) is 4.79. The summed E-state index contributed by atoms with van der Waals surface area (Å²) < 4.78 is 0. The lowest BCUT2D eigenvalue weighted by Gasteiger charge is -2.61. The van der Waals surface area contributed by atoms with Crippen LogP contribution in [-0.4, -0.2) is 0 Å². The van der Waals surface area contributed by atoms with Gasteiger partial charge in [-0.15, -0.1) is 0 Å². The third kappa shape index (κ3) is 5.35. The SMILES string of the molecule is CC1(C)c2ccccc2-c2cccc(-c3ccccc3-c3ccc(N(c4ccc5c(c4)C4(c6ccccc6-5)C5CC6CC(C5)CC4C6)c4ccc5ccccc5c4-c4ccccc4)cc3)c21. The molecule has 4 saturated carbocycles. The van der Waals surface area contributed by atoms with Crippen molar-refractivity contribution in [3.8, 4) is 55.6 Å². The molecule has 4 bridgehead atoms. The van der Waals surface area contributed by atoms with E-state index in [2.05, 4.69) is 219 Å². The van der Waals surface area contributed by atoms with Crippen molar-refractivity contribution < 1.29 is 0 Å². The van der Waals surface area contributed by atoms with Crippen molar-refractivity contribution in [2.45, 2.75) is 56.8 Å². The number of fused-ring (bicyclic) bond motifs is 7. The van der Waals surface area contributed by atoms with Crippen LogP contribution >= 0.6 is 0 Å². The van der Waals surface area contributed by atoms with Gasteiger partial charge in [0, 0.05) is 27.8 Å². The highest BCUT2D eigenvalue weighted by atomic mass is 15.1. The van der Waals surface area contributed by atoms with Gasteiger partial charge in [0.2, 0.25) is 0 Å². The Hall–Kier alpha value is -6.96. The molecule has 15 rings (SSSR count). The van der Waals surface area contributed by atoms with Crippen LogP contribution in [0.5, 0.6) is 0 Å². The Morgan fingerprint density at radius 2 is 0.955 bits per heavy atom. The van der Waals surface area contributed by atoms with Crippen LogP contribution in [0.1, 0.15) is 68.2 Å². The second kappa shape index (κ2) is 14.3. The molecule has 0 aliphatic heterocycles. The van der Waals surface area contributed by atoms with Crippen LogP contribution in [-0.2, 0) is 10.8 Å². The molecule has 9 aromatic carbocycles. The van der Waals surface area contributed by atoms with Crippen LogP contribution < -0.4 is 4.90 Å². The Bertz CT molecular complexity index is 3380.